The van der Waals surface area contributed by atoms with Crippen molar-refractivity contribution in [2.75, 3.05) is 20.1 Å². The summed E-state index contributed by atoms with van der Waals surface area (Å²) in [6.07, 6.45) is 1.54. The molecule has 1 aliphatic heterocycles. The van der Waals surface area contributed by atoms with E-state index in [1.807, 2.05) is 44.2 Å². The SMILES string of the molecule is CNC(=O)C1CCCN1C(=O)CNC(=O)C(NC(=O)Cc1ccccc1)C(C)C. The second kappa shape index (κ2) is 10.6. The molecule has 2 unspecified atom stereocenters. The maximum atomic E-state index is 12.6. The van der Waals surface area contributed by atoms with Gasteiger partial charge < -0.3 is 20.9 Å². The molecule has 1 fully saturated rings. The van der Waals surface area contributed by atoms with Crippen LogP contribution in [-0.4, -0.2) is 60.7 Å². The van der Waals surface area contributed by atoms with Gasteiger partial charge in [-0.05, 0) is 24.3 Å². The van der Waals surface area contributed by atoms with Gasteiger partial charge in [-0.15, -0.1) is 0 Å². The quantitative estimate of drug-likeness (QED) is 0.578. The third kappa shape index (κ3) is 6.30. The van der Waals surface area contributed by atoms with Crippen molar-refractivity contribution in [1.82, 2.24) is 20.9 Å². The number of rotatable bonds is 8. The lowest BCUT2D eigenvalue weighted by molar-refractivity contribution is -0.139. The van der Waals surface area contributed by atoms with Gasteiger partial charge in [-0.2, -0.15) is 0 Å². The third-order valence-electron chi connectivity index (χ3n) is 5.01. The number of nitrogens with one attached hydrogen (secondary N) is 3. The van der Waals surface area contributed by atoms with Crippen molar-refractivity contribution in [3.63, 3.8) is 0 Å². The Morgan fingerprint density at radius 1 is 1.14 bits per heavy atom. The van der Waals surface area contributed by atoms with E-state index in [2.05, 4.69) is 16.0 Å². The van der Waals surface area contributed by atoms with E-state index in [9.17, 15) is 19.2 Å². The normalized spacial score (nSPS) is 17.0. The Labute approximate surface area is 171 Å². The van der Waals surface area contributed by atoms with Gasteiger partial charge in [0.25, 0.3) is 0 Å². The number of hydrogen-bond donors (Lipinski definition) is 3. The van der Waals surface area contributed by atoms with E-state index in [0.717, 1.165) is 12.0 Å². The van der Waals surface area contributed by atoms with E-state index in [0.29, 0.717) is 13.0 Å². The van der Waals surface area contributed by atoms with Crippen molar-refractivity contribution >= 4 is 23.6 Å². The second-order valence-corrected chi connectivity index (χ2v) is 7.53. The summed E-state index contributed by atoms with van der Waals surface area (Å²) in [5, 5.41) is 7.93. The smallest absolute Gasteiger partial charge is 0.243 e. The van der Waals surface area contributed by atoms with Crippen molar-refractivity contribution in [3.05, 3.63) is 35.9 Å². The number of nitrogens with zero attached hydrogens (tertiary/aromatic N) is 1. The number of likely N-dealkylation sites (N-methyl/N-ethyl adjacent to an activating group) is 1. The number of likely N-dealkylation sites (tertiary alicyclic amines) is 1. The van der Waals surface area contributed by atoms with E-state index < -0.39 is 18.0 Å². The second-order valence-electron chi connectivity index (χ2n) is 7.53. The Morgan fingerprint density at radius 3 is 2.45 bits per heavy atom. The third-order valence-corrected chi connectivity index (χ3v) is 5.01. The summed E-state index contributed by atoms with van der Waals surface area (Å²) in [4.78, 5) is 50.8. The first-order valence-corrected chi connectivity index (χ1v) is 9.95. The molecule has 1 aromatic rings. The fourth-order valence-electron chi connectivity index (χ4n) is 3.42. The zero-order valence-electron chi connectivity index (χ0n) is 17.2. The molecular formula is C21H30N4O4. The maximum absolute atomic E-state index is 12.6. The summed E-state index contributed by atoms with van der Waals surface area (Å²) < 4.78 is 0. The fraction of sp³-hybridized carbons (Fsp3) is 0.524. The average molecular weight is 402 g/mol. The maximum Gasteiger partial charge on any atom is 0.243 e. The zero-order chi connectivity index (χ0) is 21.4. The molecule has 1 aromatic carbocycles. The molecule has 2 rings (SSSR count). The van der Waals surface area contributed by atoms with Gasteiger partial charge in [-0.3, -0.25) is 19.2 Å². The lowest BCUT2D eigenvalue weighted by Crippen LogP contribution is -2.53. The van der Waals surface area contributed by atoms with Crippen molar-refractivity contribution in [1.29, 1.82) is 0 Å². The minimum Gasteiger partial charge on any atom is -0.357 e. The van der Waals surface area contributed by atoms with Crippen LogP contribution in [0.1, 0.15) is 32.3 Å². The van der Waals surface area contributed by atoms with Gasteiger partial charge in [0.2, 0.25) is 23.6 Å². The van der Waals surface area contributed by atoms with Crippen LogP contribution in [0.2, 0.25) is 0 Å². The highest BCUT2D eigenvalue weighted by atomic mass is 16.2. The van der Waals surface area contributed by atoms with E-state index >= 15 is 0 Å². The summed E-state index contributed by atoms with van der Waals surface area (Å²) in [6.45, 7) is 3.95. The predicted molar refractivity (Wildman–Crippen MR) is 109 cm³/mol. The fourth-order valence-corrected chi connectivity index (χ4v) is 3.42. The van der Waals surface area contributed by atoms with Crippen molar-refractivity contribution in [2.45, 2.75) is 45.2 Å². The van der Waals surface area contributed by atoms with Gasteiger partial charge in [0.1, 0.15) is 12.1 Å². The molecule has 0 aromatic heterocycles. The van der Waals surface area contributed by atoms with Crippen molar-refractivity contribution in [2.24, 2.45) is 5.92 Å². The van der Waals surface area contributed by atoms with E-state index in [1.165, 1.54) is 11.9 Å². The number of carbonyl (C=O) groups is 4. The topological polar surface area (TPSA) is 108 Å². The molecule has 1 aliphatic rings. The molecule has 3 N–H and O–H groups in total. The van der Waals surface area contributed by atoms with Crippen LogP contribution in [-0.2, 0) is 25.6 Å². The van der Waals surface area contributed by atoms with Crippen LogP contribution >= 0.6 is 0 Å². The Hall–Kier alpha value is -2.90. The molecule has 0 bridgehead atoms. The summed E-state index contributed by atoms with van der Waals surface area (Å²) >= 11 is 0. The van der Waals surface area contributed by atoms with Gasteiger partial charge in [0.15, 0.2) is 0 Å². The first-order valence-electron chi connectivity index (χ1n) is 9.95. The van der Waals surface area contributed by atoms with E-state index in [4.69, 9.17) is 0 Å². The van der Waals surface area contributed by atoms with Crippen molar-refractivity contribution in [3.8, 4) is 0 Å². The molecule has 29 heavy (non-hydrogen) atoms. The van der Waals surface area contributed by atoms with Crippen LogP contribution in [0.4, 0.5) is 0 Å². The number of amides is 4. The molecule has 8 heteroatoms. The number of carbonyl (C=O) groups excluding carboxylic acids is 4. The van der Waals surface area contributed by atoms with Gasteiger partial charge in [0, 0.05) is 13.6 Å². The van der Waals surface area contributed by atoms with Crippen LogP contribution in [0.5, 0.6) is 0 Å². The zero-order valence-corrected chi connectivity index (χ0v) is 17.2. The summed E-state index contributed by atoms with van der Waals surface area (Å²) in [5.74, 6) is -1.31. The molecule has 158 valence electrons. The average Bonchev–Trinajstić information content (AvgIpc) is 3.20. The van der Waals surface area contributed by atoms with E-state index in [1.54, 1.807) is 0 Å². The van der Waals surface area contributed by atoms with Crippen molar-refractivity contribution < 1.29 is 19.2 Å². The molecule has 0 saturated carbocycles. The van der Waals surface area contributed by atoms with Crippen LogP contribution in [0, 0.1) is 5.92 Å². The molecule has 0 radical (unpaired) electrons. The van der Waals surface area contributed by atoms with E-state index in [-0.39, 0.29) is 36.6 Å². The summed E-state index contributed by atoms with van der Waals surface area (Å²) in [5.41, 5.74) is 0.859. The van der Waals surface area contributed by atoms with Crippen LogP contribution < -0.4 is 16.0 Å². The van der Waals surface area contributed by atoms with Gasteiger partial charge in [-0.25, -0.2) is 0 Å². The Morgan fingerprint density at radius 2 is 1.83 bits per heavy atom. The molecule has 8 nitrogen and oxygen atoms in total. The standard InChI is InChI=1S/C21H30N4O4/c1-14(2)19(24-17(26)12-15-8-5-4-6-9-15)21(29)23-13-18(27)25-11-7-10-16(25)20(28)22-3/h4-6,8-9,14,16,19H,7,10-13H2,1-3H3,(H,22,28)(H,23,29)(H,24,26). The lowest BCUT2D eigenvalue weighted by atomic mass is 10.0. The molecule has 4 amide bonds. The van der Waals surface area contributed by atoms with Crippen LogP contribution in [0.3, 0.4) is 0 Å². The Bertz CT molecular complexity index is 735. The highest BCUT2D eigenvalue weighted by molar-refractivity contribution is 5.93. The highest BCUT2D eigenvalue weighted by Crippen LogP contribution is 2.17. The summed E-state index contributed by atoms with van der Waals surface area (Å²) in [7, 11) is 1.54. The first kappa shape index (κ1) is 22.4. The summed E-state index contributed by atoms with van der Waals surface area (Å²) in [6, 6.07) is 8.04. The minimum absolute atomic E-state index is 0.143. The number of hydrogen-bond acceptors (Lipinski definition) is 4. The highest BCUT2D eigenvalue weighted by Gasteiger charge is 2.34. The number of benzene rings is 1. The molecule has 1 heterocycles. The largest absolute Gasteiger partial charge is 0.357 e. The van der Waals surface area contributed by atoms with Gasteiger partial charge in [0.05, 0.1) is 13.0 Å². The lowest BCUT2D eigenvalue weighted by Gasteiger charge is -2.25. The van der Waals surface area contributed by atoms with Crippen LogP contribution in [0.25, 0.3) is 0 Å². The van der Waals surface area contributed by atoms with Gasteiger partial charge in [-0.1, -0.05) is 44.2 Å². The monoisotopic (exact) mass is 402 g/mol. The Kier molecular flexibility index (Phi) is 8.18. The Balaban J connectivity index is 1.89. The molecule has 1 saturated heterocycles. The molecule has 2 atom stereocenters. The van der Waals surface area contributed by atoms with Crippen LogP contribution in [0.15, 0.2) is 30.3 Å². The first-order chi connectivity index (χ1) is 13.8. The minimum atomic E-state index is -0.743. The molecule has 0 aliphatic carbocycles. The van der Waals surface area contributed by atoms with Gasteiger partial charge >= 0.3 is 0 Å². The molecular weight excluding hydrogens is 372 g/mol. The molecule has 0 spiro atoms. The predicted octanol–water partition coefficient (Wildman–Crippen LogP) is 0.223.